The second-order valence-electron chi connectivity index (χ2n) is 16.1. The summed E-state index contributed by atoms with van der Waals surface area (Å²) in [7, 11) is 0. The highest BCUT2D eigenvalue weighted by Gasteiger charge is 2.63. The number of aliphatic hydroxyl groups excluding tert-OH is 2. The van der Waals surface area contributed by atoms with E-state index in [4.69, 9.17) is 11.6 Å². The maximum Gasteiger partial charge on any atom is 0.319 e. The summed E-state index contributed by atoms with van der Waals surface area (Å²) >= 11 is 5.78. The fraction of sp³-hybridized carbons (Fsp3) is 0.525. The van der Waals surface area contributed by atoms with Crippen molar-refractivity contribution in [3.8, 4) is 0 Å². The number of hydrogen-bond donors (Lipinski definition) is 6. The summed E-state index contributed by atoms with van der Waals surface area (Å²) in [5, 5.41) is 30.6. The molecule has 1 spiro atoms. The summed E-state index contributed by atoms with van der Waals surface area (Å²) < 4.78 is 42.6. The summed E-state index contributed by atoms with van der Waals surface area (Å²) in [5.41, 5.74) is -1.23. The standard InChI is InChI=1S/C40H47ClF3N7O9/c1-20-15-40(16-33(40)54)51(17-20)36(57)21(2)45-35(56)31-5-3-4-8-49(31)38(59)32-14-26(53)18-50(32)37(58)30(19-52)46-34(55)29(11-22-9-24(42)13-25(43)10-22)48-39(60)47-28-7-6-23(41)12-27(28)44/h6-7,9-10,12-13,20-21,26,29-32,52-53H,3-5,8,11,14-19H2,1-2H3,(H,45,56)(H,46,55)(H2,47,48,60)/t20-,21+,26-,29+,30+,31?,32+,40-/m1/s1. The quantitative estimate of drug-likeness (QED) is 0.182. The topological polar surface area (TPSA) is 218 Å². The zero-order valence-corrected chi connectivity index (χ0v) is 33.6. The lowest BCUT2D eigenvalue weighted by Gasteiger charge is -2.39. The number of nitrogens with zero attached hydrogens (tertiary/aromatic N) is 3. The van der Waals surface area contributed by atoms with E-state index in [1.54, 1.807) is 0 Å². The number of halogens is 4. The smallest absolute Gasteiger partial charge is 0.319 e. The Bertz CT molecular complexity index is 2040. The first kappa shape index (κ1) is 44.3. The van der Waals surface area contributed by atoms with Crippen LogP contribution in [-0.4, -0.2) is 134 Å². The maximum atomic E-state index is 14.4. The first-order chi connectivity index (χ1) is 28.4. The number of amides is 7. The van der Waals surface area contributed by atoms with Crippen molar-refractivity contribution in [1.29, 1.82) is 0 Å². The largest absolute Gasteiger partial charge is 0.394 e. The molecule has 20 heteroatoms. The van der Waals surface area contributed by atoms with Gasteiger partial charge in [0.05, 0.1) is 18.4 Å². The molecular weight excluding hydrogens is 815 g/mol. The number of ketones is 1. The Morgan fingerprint density at radius 2 is 1.62 bits per heavy atom. The van der Waals surface area contributed by atoms with E-state index in [-0.39, 0.29) is 60.3 Å². The van der Waals surface area contributed by atoms with E-state index < -0.39 is 108 Å². The Morgan fingerprint density at radius 1 is 0.917 bits per heavy atom. The predicted molar refractivity (Wildman–Crippen MR) is 207 cm³/mol. The normalized spacial score (nSPS) is 25.1. The molecule has 4 fully saturated rings. The second kappa shape index (κ2) is 18.1. The third-order valence-electron chi connectivity index (χ3n) is 11.4. The number of carbonyl (C=O) groups excluding carboxylic acids is 7. The SMILES string of the molecule is C[C@H]1CN(C(=O)[C@H](C)NC(=O)C2CCCCN2C(=O)[C@@H]2C[C@@H](O)CN2C(=O)[C@H](CO)NC(=O)[C@H](Cc2cc(F)cc(F)c2)NC(=O)Nc2ccc(Cl)cc2F)[C@@]2(CC2=O)C1. The zero-order chi connectivity index (χ0) is 43.6. The lowest BCUT2D eigenvalue weighted by molar-refractivity contribution is -0.151. The summed E-state index contributed by atoms with van der Waals surface area (Å²) in [6, 6.07) is -2.15. The van der Waals surface area contributed by atoms with Crippen molar-refractivity contribution in [1.82, 2.24) is 30.7 Å². The number of piperidine rings is 1. The number of urea groups is 1. The maximum absolute atomic E-state index is 14.4. The summed E-state index contributed by atoms with van der Waals surface area (Å²) in [5.74, 6) is -6.59. The fourth-order valence-electron chi connectivity index (χ4n) is 8.49. The lowest BCUT2D eigenvalue weighted by atomic mass is 9.99. The first-order valence-corrected chi connectivity index (χ1v) is 20.1. The molecule has 2 aromatic carbocycles. The Labute approximate surface area is 348 Å². The van der Waals surface area contributed by atoms with Crippen LogP contribution in [0.5, 0.6) is 0 Å². The van der Waals surface area contributed by atoms with Crippen molar-refractivity contribution in [3.05, 3.63) is 64.4 Å². The molecule has 1 saturated carbocycles. The van der Waals surface area contributed by atoms with Gasteiger partial charge in [0.2, 0.25) is 29.5 Å². The van der Waals surface area contributed by atoms with Gasteiger partial charge >= 0.3 is 6.03 Å². The van der Waals surface area contributed by atoms with Crippen molar-refractivity contribution >= 4 is 58.6 Å². The Morgan fingerprint density at radius 3 is 2.27 bits per heavy atom. The van der Waals surface area contributed by atoms with E-state index >= 15 is 0 Å². The highest BCUT2D eigenvalue weighted by Crippen LogP contribution is 2.48. The number of hydrogen-bond acceptors (Lipinski definition) is 9. The number of likely N-dealkylation sites (tertiary alicyclic amines) is 3. The average Bonchev–Trinajstić information content (AvgIpc) is 3.47. The van der Waals surface area contributed by atoms with Crippen LogP contribution >= 0.6 is 11.6 Å². The van der Waals surface area contributed by atoms with Gasteiger partial charge in [0.15, 0.2) is 5.78 Å². The summed E-state index contributed by atoms with van der Waals surface area (Å²) in [4.78, 5) is 98.1. The highest BCUT2D eigenvalue weighted by molar-refractivity contribution is 6.30. The first-order valence-electron chi connectivity index (χ1n) is 19.7. The average molecular weight is 862 g/mol. The van der Waals surface area contributed by atoms with Crippen molar-refractivity contribution in [2.45, 2.75) is 101 Å². The van der Waals surface area contributed by atoms with Crippen LogP contribution in [0.3, 0.4) is 0 Å². The minimum absolute atomic E-state index is 0.0175. The van der Waals surface area contributed by atoms with Gasteiger partial charge in [-0.1, -0.05) is 18.5 Å². The molecule has 16 nitrogen and oxygen atoms in total. The second-order valence-corrected chi connectivity index (χ2v) is 16.5. The van der Waals surface area contributed by atoms with Crippen LogP contribution in [0, 0.1) is 23.4 Å². The van der Waals surface area contributed by atoms with Crippen molar-refractivity contribution in [2.24, 2.45) is 5.92 Å². The molecule has 3 saturated heterocycles. The number of β-amino-alcohol motifs (C(OH)–C–C–N with tert-alkyl or cyclic N) is 1. The van der Waals surface area contributed by atoms with Crippen LogP contribution in [-0.2, 0) is 35.2 Å². The Kier molecular flexibility index (Phi) is 13.4. The molecule has 6 N–H and O–H groups in total. The molecule has 1 aliphatic carbocycles. The number of Topliss-reactive ketones (excluding diaryl/α,β-unsaturated/α-hetero) is 1. The third-order valence-corrected chi connectivity index (χ3v) is 11.7. The predicted octanol–water partition coefficient (Wildman–Crippen LogP) is 1.39. The fourth-order valence-corrected chi connectivity index (χ4v) is 8.65. The minimum atomic E-state index is -1.76. The van der Waals surface area contributed by atoms with Gasteiger partial charge in [-0.25, -0.2) is 18.0 Å². The molecule has 0 aromatic heterocycles. The van der Waals surface area contributed by atoms with Crippen LogP contribution in [0.15, 0.2) is 36.4 Å². The van der Waals surface area contributed by atoms with Crippen molar-refractivity contribution < 1.29 is 56.9 Å². The molecule has 0 radical (unpaired) electrons. The molecule has 324 valence electrons. The van der Waals surface area contributed by atoms with Gasteiger partial charge in [0.25, 0.3) is 0 Å². The molecule has 2 aromatic rings. The van der Waals surface area contributed by atoms with Crippen molar-refractivity contribution in [2.75, 3.05) is 31.6 Å². The van der Waals surface area contributed by atoms with Crippen molar-refractivity contribution in [3.63, 3.8) is 0 Å². The van der Waals surface area contributed by atoms with E-state index in [1.807, 2.05) is 6.92 Å². The molecule has 7 amide bonds. The van der Waals surface area contributed by atoms with Crippen LogP contribution in [0.25, 0.3) is 0 Å². The van der Waals surface area contributed by atoms with Gasteiger partial charge in [0, 0.05) is 50.0 Å². The lowest BCUT2D eigenvalue weighted by Crippen LogP contribution is -2.61. The molecule has 1 unspecified atom stereocenters. The Balaban J connectivity index is 1.14. The van der Waals surface area contributed by atoms with E-state index in [1.165, 1.54) is 22.8 Å². The van der Waals surface area contributed by atoms with E-state index in [9.17, 15) is 56.9 Å². The molecule has 0 bridgehead atoms. The molecule has 60 heavy (non-hydrogen) atoms. The number of nitrogens with one attached hydrogen (secondary N) is 4. The monoisotopic (exact) mass is 861 g/mol. The number of carbonyl (C=O) groups is 7. The number of anilines is 1. The van der Waals surface area contributed by atoms with Gasteiger partial charge < -0.3 is 46.2 Å². The minimum Gasteiger partial charge on any atom is -0.394 e. The van der Waals surface area contributed by atoms with Gasteiger partial charge in [-0.3, -0.25) is 28.8 Å². The number of aliphatic hydroxyl groups is 2. The molecule has 3 aliphatic heterocycles. The van der Waals surface area contributed by atoms with Crippen LogP contribution in [0.2, 0.25) is 5.02 Å². The highest BCUT2D eigenvalue weighted by atomic mass is 35.5. The van der Waals surface area contributed by atoms with Crippen LogP contribution in [0.4, 0.5) is 23.7 Å². The number of rotatable bonds is 12. The van der Waals surface area contributed by atoms with E-state index in [2.05, 4.69) is 21.3 Å². The molecule has 4 aliphatic rings. The molecular formula is C40H47ClF3N7O9. The Hall–Kier alpha value is -5.27. The van der Waals surface area contributed by atoms with Gasteiger partial charge in [0.1, 0.15) is 53.2 Å². The number of benzene rings is 2. The van der Waals surface area contributed by atoms with E-state index in [0.29, 0.717) is 31.9 Å². The third kappa shape index (κ3) is 9.68. The molecule has 6 rings (SSSR count). The van der Waals surface area contributed by atoms with Gasteiger partial charge in [-0.05, 0) is 74.4 Å². The summed E-state index contributed by atoms with van der Waals surface area (Å²) in [6.07, 6.45) is 0.178. The molecule has 3 heterocycles. The van der Waals surface area contributed by atoms with Gasteiger partial charge in [-0.2, -0.15) is 0 Å². The van der Waals surface area contributed by atoms with E-state index in [0.717, 1.165) is 29.2 Å². The van der Waals surface area contributed by atoms with Gasteiger partial charge in [-0.15, -0.1) is 0 Å². The summed E-state index contributed by atoms with van der Waals surface area (Å²) in [6.45, 7) is 2.55. The van der Waals surface area contributed by atoms with Crippen LogP contribution in [0.1, 0.15) is 57.9 Å². The molecule has 8 atom stereocenters. The zero-order valence-electron chi connectivity index (χ0n) is 32.9. The van der Waals surface area contributed by atoms with Crippen LogP contribution < -0.4 is 21.3 Å².